The lowest BCUT2D eigenvalue weighted by atomic mass is 9.97. The number of carbonyl (C=O) groups is 1. The summed E-state index contributed by atoms with van der Waals surface area (Å²) in [6, 6.07) is 5.09. The van der Waals surface area contributed by atoms with Crippen LogP contribution in [0.3, 0.4) is 0 Å². The van der Waals surface area contributed by atoms with E-state index in [0.717, 1.165) is 24.1 Å². The fourth-order valence-electron chi connectivity index (χ4n) is 3.52. The van der Waals surface area contributed by atoms with Crippen LogP contribution in [-0.4, -0.2) is 53.4 Å². The molecule has 0 radical (unpaired) electrons. The summed E-state index contributed by atoms with van der Waals surface area (Å²) in [4.78, 5) is 26.0. The van der Waals surface area contributed by atoms with E-state index < -0.39 is 11.4 Å². The molecular weight excluding hydrogens is 406 g/mol. The fraction of sp³-hybridized carbons (Fsp3) is 0.455. The number of aromatic nitrogens is 1. The van der Waals surface area contributed by atoms with Crippen LogP contribution in [0.4, 0.5) is 0 Å². The number of halogens is 1. The molecule has 3 rings (SSSR count). The van der Waals surface area contributed by atoms with E-state index in [-0.39, 0.29) is 11.1 Å². The van der Waals surface area contributed by atoms with Crippen LogP contribution in [-0.2, 0) is 6.54 Å². The number of aromatic carboxylic acids is 1. The van der Waals surface area contributed by atoms with Gasteiger partial charge in [0.05, 0.1) is 23.9 Å². The summed E-state index contributed by atoms with van der Waals surface area (Å²) in [6.45, 7) is 8.11. The number of carboxylic acid groups (broad SMARTS) is 1. The average molecular weight is 434 g/mol. The summed E-state index contributed by atoms with van der Waals surface area (Å²) in [5, 5.41) is 11.9. The summed E-state index contributed by atoms with van der Waals surface area (Å²) >= 11 is 6.49. The van der Waals surface area contributed by atoms with Gasteiger partial charge >= 0.3 is 5.97 Å². The van der Waals surface area contributed by atoms with E-state index in [9.17, 15) is 14.7 Å². The fourth-order valence-corrected chi connectivity index (χ4v) is 3.74. The minimum Gasteiger partial charge on any atom is -0.492 e. The Kier molecular flexibility index (Phi) is 6.15. The van der Waals surface area contributed by atoms with Crippen molar-refractivity contribution in [2.45, 2.75) is 39.3 Å². The number of carboxylic acids is 1. The van der Waals surface area contributed by atoms with Crippen LogP contribution in [0.5, 0.6) is 5.75 Å². The monoisotopic (exact) mass is 433 g/mol. The molecule has 30 heavy (non-hydrogen) atoms. The molecular formula is C22H28ClN3O4. The van der Waals surface area contributed by atoms with Gasteiger partial charge in [-0.2, -0.15) is 0 Å². The average Bonchev–Trinajstić information content (AvgIpc) is 2.63. The lowest BCUT2D eigenvalue weighted by Gasteiger charge is -2.43. The molecule has 1 N–H and O–H groups in total. The number of hydrogen-bond donors (Lipinski definition) is 1. The topological polar surface area (TPSA) is 75.0 Å². The highest BCUT2D eigenvalue weighted by Gasteiger charge is 2.31. The number of benzene rings is 1. The van der Waals surface area contributed by atoms with Crippen LogP contribution in [0.2, 0.25) is 5.02 Å². The second-order valence-electron chi connectivity index (χ2n) is 8.76. The molecule has 0 bridgehead atoms. The largest absolute Gasteiger partial charge is 0.492 e. The molecule has 0 fully saturated rings. The second kappa shape index (κ2) is 8.32. The Morgan fingerprint density at radius 3 is 2.57 bits per heavy atom. The summed E-state index contributed by atoms with van der Waals surface area (Å²) in [6.07, 6.45) is 2.28. The number of pyridine rings is 1. The highest BCUT2D eigenvalue weighted by Crippen LogP contribution is 2.38. The van der Waals surface area contributed by atoms with Gasteiger partial charge in [-0.1, -0.05) is 11.6 Å². The first-order valence-corrected chi connectivity index (χ1v) is 10.2. The minimum absolute atomic E-state index is 0.261. The highest BCUT2D eigenvalue weighted by molar-refractivity contribution is 6.32. The molecule has 0 amide bonds. The Hall–Kier alpha value is -2.51. The Bertz CT molecular complexity index is 1020. The summed E-state index contributed by atoms with van der Waals surface area (Å²) in [7, 11) is 4.03. The normalized spacial score (nSPS) is 13.2. The van der Waals surface area contributed by atoms with Crippen LogP contribution in [0.15, 0.2) is 29.2 Å². The lowest BCUT2D eigenvalue weighted by Crippen LogP contribution is -2.51. The van der Waals surface area contributed by atoms with Crippen molar-refractivity contribution in [1.82, 2.24) is 9.58 Å². The van der Waals surface area contributed by atoms with E-state index in [0.29, 0.717) is 29.6 Å². The Morgan fingerprint density at radius 1 is 1.27 bits per heavy atom. The molecule has 0 saturated heterocycles. The van der Waals surface area contributed by atoms with Crippen molar-refractivity contribution in [2.24, 2.45) is 0 Å². The zero-order chi connectivity index (χ0) is 22.2. The molecule has 0 saturated carbocycles. The number of nitrogens with zero attached hydrogens (tertiary/aromatic N) is 3. The highest BCUT2D eigenvalue weighted by atomic mass is 35.5. The van der Waals surface area contributed by atoms with E-state index in [2.05, 4.69) is 4.90 Å². The first-order valence-electron chi connectivity index (χ1n) is 9.87. The van der Waals surface area contributed by atoms with Gasteiger partial charge in [-0.25, -0.2) is 4.79 Å². The Morgan fingerprint density at radius 2 is 1.97 bits per heavy atom. The van der Waals surface area contributed by atoms with Crippen molar-refractivity contribution >= 4 is 17.6 Å². The van der Waals surface area contributed by atoms with Crippen LogP contribution in [0.25, 0.3) is 11.3 Å². The predicted octanol–water partition coefficient (Wildman–Crippen LogP) is 3.45. The third-order valence-electron chi connectivity index (χ3n) is 5.06. The molecule has 0 spiro atoms. The van der Waals surface area contributed by atoms with E-state index in [1.165, 1.54) is 12.3 Å². The number of fused-ring (bicyclic) bond motifs is 3. The van der Waals surface area contributed by atoms with E-state index in [4.69, 9.17) is 16.3 Å². The van der Waals surface area contributed by atoms with Crippen molar-refractivity contribution in [2.75, 3.05) is 32.3 Å². The molecule has 1 aliphatic rings. The number of hydrogen-bond acceptors (Lipinski definition) is 5. The quantitative estimate of drug-likeness (QED) is 0.703. The van der Waals surface area contributed by atoms with Gasteiger partial charge in [0.15, 0.2) is 5.43 Å². The van der Waals surface area contributed by atoms with Crippen molar-refractivity contribution in [3.63, 3.8) is 0 Å². The smallest absolute Gasteiger partial charge is 0.341 e. The maximum atomic E-state index is 12.4. The third kappa shape index (κ3) is 4.47. The first kappa shape index (κ1) is 22.2. The Balaban J connectivity index is 2.06. The van der Waals surface area contributed by atoms with Gasteiger partial charge in [0.25, 0.3) is 0 Å². The van der Waals surface area contributed by atoms with Gasteiger partial charge in [-0.3, -0.25) is 9.47 Å². The maximum Gasteiger partial charge on any atom is 0.341 e. The first-order chi connectivity index (χ1) is 14.0. The van der Waals surface area contributed by atoms with Gasteiger partial charge < -0.3 is 19.8 Å². The van der Waals surface area contributed by atoms with Gasteiger partial charge in [0, 0.05) is 29.9 Å². The van der Waals surface area contributed by atoms with Gasteiger partial charge in [0.2, 0.25) is 0 Å². The molecule has 1 aromatic heterocycles. The van der Waals surface area contributed by atoms with Crippen LogP contribution in [0.1, 0.15) is 43.1 Å². The van der Waals surface area contributed by atoms with Crippen LogP contribution < -0.4 is 15.2 Å². The molecule has 162 valence electrons. The lowest BCUT2D eigenvalue weighted by molar-refractivity contribution is 0.0694. The summed E-state index contributed by atoms with van der Waals surface area (Å²) in [5.74, 6) is -0.629. The second-order valence-corrected chi connectivity index (χ2v) is 9.17. The summed E-state index contributed by atoms with van der Waals surface area (Å²) in [5.41, 5.74) is 1.28. The van der Waals surface area contributed by atoms with Crippen molar-refractivity contribution in [3.8, 4) is 17.0 Å². The number of rotatable bonds is 6. The minimum atomic E-state index is -1.24. The van der Waals surface area contributed by atoms with Crippen LogP contribution in [0, 0.1) is 0 Å². The van der Waals surface area contributed by atoms with E-state index in [1.54, 1.807) is 10.7 Å². The molecule has 0 atom stereocenters. The Labute approximate surface area is 181 Å². The van der Waals surface area contributed by atoms with Crippen molar-refractivity contribution < 1.29 is 14.6 Å². The molecule has 1 aromatic carbocycles. The zero-order valence-electron chi connectivity index (χ0n) is 18.0. The van der Waals surface area contributed by atoms with E-state index >= 15 is 0 Å². The number of ether oxygens (including phenoxy) is 1. The van der Waals surface area contributed by atoms with Gasteiger partial charge in [0.1, 0.15) is 11.3 Å². The molecule has 2 aromatic rings. The molecule has 0 aliphatic carbocycles. The SMILES string of the molecule is CN(C)CCCOc1cc2c(cc1Cl)-c1cc(=O)c(C(=O)O)cn1N(C(C)(C)C)C2. The molecule has 1 aliphatic heterocycles. The van der Waals surface area contributed by atoms with Crippen molar-refractivity contribution in [3.05, 3.63) is 50.8 Å². The predicted molar refractivity (Wildman–Crippen MR) is 118 cm³/mol. The van der Waals surface area contributed by atoms with Crippen molar-refractivity contribution in [1.29, 1.82) is 0 Å². The van der Waals surface area contributed by atoms with E-state index in [1.807, 2.05) is 45.9 Å². The van der Waals surface area contributed by atoms with Gasteiger partial charge in [-0.15, -0.1) is 0 Å². The third-order valence-corrected chi connectivity index (χ3v) is 5.35. The molecule has 8 heteroatoms. The zero-order valence-corrected chi connectivity index (χ0v) is 18.8. The molecule has 2 heterocycles. The van der Waals surface area contributed by atoms with Gasteiger partial charge in [-0.05, 0) is 59.0 Å². The standard InChI is InChI=1S/C22H28ClN3O4/c1-22(2,3)26-12-14-9-20(30-8-6-7-24(4)5)17(23)10-15(14)18-11-19(27)16(21(28)29)13-25(18)26/h9-11,13H,6-8,12H2,1-5H3,(H,28,29). The molecule has 0 unspecified atom stereocenters. The molecule has 7 nitrogen and oxygen atoms in total. The summed E-state index contributed by atoms with van der Waals surface area (Å²) < 4.78 is 7.66. The van der Waals surface area contributed by atoms with Crippen LogP contribution >= 0.6 is 11.6 Å². The maximum absolute atomic E-state index is 12.4.